The van der Waals surface area contributed by atoms with Crippen LogP contribution in [0.5, 0.6) is 11.5 Å². The van der Waals surface area contributed by atoms with Gasteiger partial charge in [-0.15, -0.1) is 0 Å². The molecular weight excluding hydrogens is 379 g/mol. The summed E-state index contributed by atoms with van der Waals surface area (Å²) in [5.74, 6) is 0.833. The number of benzene rings is 3. The van der Waals surface area contributed by atoms with E-state index >= 15 is 0 Å². The largest absolute Gasteiger partial charge is 0.490 e. The molecule has 1 N–H and O–H groups in total. The summed E-state index contributed by atoms with van der Waals surface area (Å²) in [4.78, 5) is 0. The van der Waals surface area contributed by atoms with Crippen LogP contribution in [-0.4, -0.2) is 12.8 Å². The predicted octanol–water partition coefficient (Wildman–Crippen LogP) is 5.90. The number of halogens is 2. The first kappa shape index (κ1) is 19.7. The van der Waals surface area contributed by atoms with Gasteiger partial charge in [-0.3, -0.25) is 5.43 Å². The van der Waals surface area contributed by atoms with E-state index in [4.69, 9.17) is 21.1 Å². The van der Waals surface area contributed by atoms with Crippen LogP contribution in [0.2, 0.25) is 5.02 Å². The van der Waals surface area contributed by atoms with Crippen LogP contribution in [0.1, 0.15) is 18.1 Å². The summed E-state index contributed by atoms with van der Waals surface area (Å²) in [5, 5.41) is 4.88. The van der Waals surface area contributed by atoms with Gasteiger partial charge in [-0.05, 0) is 61.0 Å². The van der Waals surface area contributed by atoms with E-state index in [0.29, 0.717) is 28.7 Å². The number of anilines is 1. The number of hydrogen-bond donors (Lipinski definition) is 1. The molecule has 0 bridgehead atoms. The zero-order valence-corrected chi connectivity index (χ0v) is 16.1. The molecule has 0 atom stereocenters. The Bertz CT molecular complexity index is 946. The van der Waals surface area contributed by atoms with E-state index in [9.17, 15) is 4.39 Å². The van der Waals surface area contributed by atoms with Crippen LogP contribution in [0.25, 0.3) is 0 Å². The fourth-order valence-corrected chi connectivity index (χ4v) is 2.60. The molecule has 0 spiro atoms. The first-order valence-corrected chi connectivity index (χ1v) is 9.21. The summed E-state index contributed by atoms with van der Waals surface area (Å²) in [6.07, 6.45) is 1.68. The van der Waals surface area contributed by atoms with E-state index in [2.05, 4.69) is 10.5 Å². The summed E-state index contributed by atoms with van der Waals surface area (Å²) in [6, 6.07) is 19.2. The minimum absolute atomic E-state index is 0.123. The highest BCUT2D eigenvalue weighted by atomic mass is 35.5. The quantitative estimate of drug-likeness (QED) is 0.379. The zero-order chi connectivity index (χ0) is 19.8. The van der Waals surface area contributed by atoms with Gasteiger partial charge >= 0.3 is 0 Å². The van der Waals surface area contributed by atoms with Crippen molar-refractivity contribution in [3.05, 3.63) is 88.7 Å². The fourth-order valence-electron chi connectivity index (χ4n) is 2.47. The number of nitrogens with zero attached hydrogens (tertiary/aromatic N) is 1. The highest BCUT2D eigenvalue weighted by Gasteiger charge is 2.08. The molecule has 0 fully saturated rings. The SMILES string of the molecule is CCOc1cc(/C=N/Nc2ccc(Cl)cc2)ccc1OCc1ccccc1F. The third kappa shape index (κ3) is 5.47. The van der Waals surface area contributed by atoms with Crippen LogP contribution in [0.15, 0.2) is 71.8 Å². The molecule has 0 heterocycles. The lowest BCUT2D eigenvalue weighted by Crippen LogP contribution is -2.02. The average Bonchev–Trinajstić information content (AvgIpc) is 2.70. The maximum atomic E-state index is 13.8. The maximum Gasteiger partial charge on any atom is 0.161 e. The van der Waals surface area contributed by atoms with Crippen LogP contribution in [-0.2, 0) is 6.61 Å². The molecule has 6 heteroatoms. The second kappa shape index (κ2) is 9.76. The molecule has 144 valence electrons. The molecule has 0 aliphatic carbocycles. The standard InChI is InChI=1S/C22H20ClFN2O2/c1-2-27-22-13-16(14-25-26-19-10-8-18(23)9-11-19)7-12-21(22)28-15-17-5-3-4-6-20(17)24/h3-14,26H,2,15H2,1H3/b25-14+. The van der Waals surface area contributed by atoms with Crippen LogP contribution in [0.4, 0.5) is 10.1 Å². The van der Waals surface area contributed by atoms with E-state index < -0.39 is 0 Å². The van der Waals surface area contributed by atoms with Crippen molar-refractivity contribution in [1.29, 1.82) is 0 Å². The minimum Gasteiger partial charge on any atom is -0.490 e. The van der Waals surface area contributed by atoms with Gasteiger partial charge in [-0.25, -0.2) is 4.39 Å². The van der Waals surface area contributed by atoms with Crippen molar-refractivity contribution in [3.8, 4) is 11.5 Å². The highest BCUT2D eigenvalue weighted by Crippen LogP contribution is 2.29. The Kier molecular flexibility index (Phi) is 6.87. The number of rotatable bonds is 8. The normalized spacial score (nSPS) is 10.8. The number of hydrazone groups is 1. The highest BCUT2D eigenvalue weighted by molar-refractivity contribution is 6.30. The van der Waals surface area contributed by atoms with Crippen LogP contribution in [0.3, 0.4) is 0 Å². The lowest BCUT2D eigenvalue weighted by Gasteiger charge is -2.13. The Morgan fingerprint density at radius 1 is 1.00 bits per heavy atom. The van der Waals surface area contributed by atoms with Crippen molar-refractivity contribution in [2.45, 2.75) is 13.5 Å². The number of hydrogen-bond acceptors (Lipinski definition) is 4. The number of ether oxygens (including phenoxy) is 2. The van der Waals surface area contributed by atoms with Gasteiger partial charge in [0, 0.05) is 10.6 Å². The Balaban J connectivity index is 1.68. The first-order valence-electron chi connectivity index (χ1n) is 8.83. The van der Waals surface area contributed by atoms with Crippen LogP contribution in [0, 0.1) is 5.82 Å². The van der Waals surface area contributed by atoms with Crippen molar-refractivity contribution >= 4 is 23.5 Å². The molecular formula is C22H20ClFN2O2. The lowest BCUT2D eigenvalue weighted by atomic mass is 10.2. The second-order valence-corrected chi connectivity index (χ2v) is 6.33. The molecule has 0 aliphatic rings. The van der Waals surface area contributed by atoms with E-state index in [-0.39, 0.29) is 12.4 Å². The summed E-state index contributed by atoms with van der Waals surface area (Å²) in [6.45, 7) is 2.50. The Morgan fingerprint density at radius 2 is 1.79 bits per heavy atom. The summed E-state index contributed by atoms with van der Waals surface area (Å²) in [7, 11) is 0. The van der Waals surface area contributed by atoms with Crippen molar-refractivity contribution in [1.82, 2.24) is 0 Å². The summed E-state index contributed by atoms with van der Waals surface area (Å²) >= 11 is 5.86. The van der Waals surface area contributed by atoms with Crippen molar-refractivity contribution in [2.24, 2.45) is 5.10 Å². The molecule has 0 radical (unpaired) electrons. The van der Waals surface area contributed by atoms with Crippen molar-refractivity contribution in [2.75, 3.05) is 12.0 Å². The molecule has 28 heavy (non-hydrogen) atoms. The molecule has 0 saturated heterocycles. The topological polar surface area (TPSA) is 42.8 Å². The van der Waals surface area contributed by atoms with Gasteiger partial charge in [0.2, 0.25) is 0 Å². The second-order valence-electron chi connectivity index (χ2n) is 5.90. The van der Waals surface area contributed by atoms with Gasteiger partial charge in [-0.1, -0.05) is 29.8 Å². The third-order valence-corrected chi connectivity index (χ3v) is 4.11. The van der Waals surface area contributed by atoms with Gasteiger partial charge in [0.05, 0.1) is 18.5 Å². The van der Waals surface area contributed by atoms with Crippen LogP contribution >= 0.6 is 11.6 Å². The van der Waals surface area contributed by atoms with Crippen LogP contribution < -0.4 is 14.9 Å². The van der Waals surface area contributed by atoms with E-state index in [1.165, 1.54) is 6.07 Å². The van der Waals surface area contributed by atoms with Gasteiger partial charge in [0.1, 0.15) is 12.4 Å². The zero-order valence-electron chi connectivity index (χ0n) is 15.4. The molecule has 0 saturated carbocycles. The van der Waals surface area contributed by atoms with Gasteiger partial charge in [0.25, 0.3) is 0 Å². The Morgan fingerprint density at radius 3 is 2.54 bits per heavy atom. The Labute approximate surface area is 168 Å². The average molecular weight is 399 g/mol. The summed E-state index contributed by atoms with van der Waals surface area (Å²) < 4.78 is 25.2. The number of nitrogens with one attached hydrogen (secondary N) is 1. The molecule has 0 amide bonds. The molecule has 0 unspecified atom stereocenters. The summed E-state index contributed by atoms with van der Waals surface area (Å²) in [5.41, 5.74) is 5.09. The van der Waals surface area contributed by atoms with E-state index in [1.54, 1.807) is 42.6 Å². The maximum absolute atomic E-state index is 13.8. The molecule has 3 rings (SSSR count). The fraction of sp³-hybridized carbons (Fsp3) is 0.136. The minimum atomic E-state index is -0.294. The van der Waals surface area contributed by atoms with Gasteiger partial charge < -0.3 is 9.47 Å². The van der Waals surface area contributed by atoms with E-state index in [1.807, 2.05) is 31.2 Å². The third-order valence-electron chi connectivity index (χ3n) is 3.86. The van der Waals surface area contributed by atoms with E-state index in [0.717, 1.165) is 11.3 Å². The van der Waals surface area contributed by atoms with Gasteiger partial charge in [0.15, 0.2) is 11.5 Å². The molecule has 3 aromatic rings. The smallest absolute Gasteiger partial charge is 0.161 e. The molecule has 0 aliphatic heterocycles. The molecule has 0 aromatic heterocycles. The monoisotopic (exact) mass is 398 g/mol. The lowest BCUT2D eigenvalue weighted by molar-refractivity contribution is 0.266. The molecule has 3 aromatic carbocycles. The van der Waals surface area contributed by atoms with Gasteiger partial charge in [-0.2, -0.15) is 5.10 Å². The van der Waals surface area contributed by atoms with Crippen molar-refractivity contribution in [3.63, 3.8) is 0 Å². The van der Waals surface area contributed by atoms with Crippen molar-refractivity contribution < 1.29 is 13.9 Å². The molecule has 4 nitrogen and oxygen atoms in total. The Hall–Kier alpha value is -3.05. The predicted molar refractivity (Wildman–Crippen MR) is 111 cm³/mol. The first-order chi connectivity index (χ1) is 13.7.